The second-order valence-corrected chi connectivity index (χ2v) is 3.49. The molecule has 1 aromatic carbocycles. The van der Waals surface area contributed by atoms with Gasteiger partial charge in [-0.15, -0.1) is 0 Å². The molecule has 0 aliphatic heterocycles. The van der Waals surface area contributed by atoms with Crippen molar-refractivity contribution in [3.05, 3.63) is 35.4 Å². The Hall–Kier alpha value is -0.960. The van der Waals surface area contributed by atoms with E-state index in [1.54, 1.807) is 6.07 Å². The lowest BCUT2D eigenvalue weighted by Gasteiger charge is -1.98. The summed E-state index contributed by atoms with van der Waals surface area (Å²) in [5, 5.41) is 7.00. The van der Waals surface area contributed by atoms with Crippen LogP contribution in [0, 0.1) is 17.6 Å². The number of hydrogen-bond acceptors (Lipinski definition) is 1. The van der Waals surface area contributed by atoms with Crippen LogP contribution in [0.25, 0.3) is 0 Å². The fraction of sp³-hybridized carbons (Fsp3) is 0.455. The topological polar surface area (TPSA) is 20.2 Å². The molecule has 2 atom stereocenters. The Morgan fingerprint density at radius 3 is 2.21 bits per heavy atom. The minimum Gasteiger partial charge on any atom is -0.400 e. The zero-order valence-electron chi connectivity index (χ0n) is 8.30. The van der Waals surface area contributed by atoms with Crippen LogP contribution >= 0.6 is 0 Å². The molecule has 0 saturated heterocycles. The molecule has 1 nitrogen and oxygen atoms in total. The van der Waals surface area contributed by atoms with Crippen LogP contribution in [0.4, 0.5) is 8.78 Å². The zero-order chi connectivity index (χ0) is 10.7. The maximum Gasteiger partial charge on any atom is 0.159 e. The van der Waals surface area contributed by atoms with Gasteiger partial charge < -0.3 is 5.11 Å². The highest BCUT2D eigenvalue weighted by Crippen LogP contribution is 2.46. The second-order valence-electron chi connectivity index (χ2n) is 3.49. The molecule has 3 heteroatoms. The highest BCUT2D eigenvalue weighted by Gasteiger charge is 2.34. The first-order valence-electron chi connectivity index (χ1n) is 4.58. The van der Waals surface area contributed by atoms with Gasteiger partial charge >= 0.3 is 0 Å². The maximum atomic E-state index is 12.7. The van der Waals surface area contributed by atoms with Gasteiger partial charge in [-0.25, -0.2) is 8.78 Å². The van der Waals surface area contributed by atoms with E-state index in [9.17, 15) is 8.78 Å². The van der Waals surface area contributed by atoms with Gasteiger partial charge in [0.25, 0.3) is 0 Å². The molecule has 1 aliphatic carbocycles. The van der Waals surface area contributed by atoms with Crippen molar-refractivity contribution in [2.45, 2.75) is 19.3 Å². The van der Waals surface area contributed by atoms with Crippen molar-refractivity contribution in [1.82, 2.24) is 0 Å². The zero-order valence-corrected chi connectivity index (χ0v) is 8.30. The molecule has 0 spiro atoms. The van der Waals surface area contributed by atoms with E-state index in [1.807, 2.05) is 0 Å². The van der Waals surface area contributed by atoms with E-state index < -0.39 is 11.6 Å². The van der Waals surface area contributed by atoms with E-state index in [2.05, 4.69) is 6.92 Å². The first kappa shape index (κ1) is 11.1. The van der Waals surface area contributed by atoms with Crippen molar-refractivity contribution >= 4 is 0 Å². The van der Waals surface area contributed by atoms with Crippen molar-refractivity contribution in [2.75, 3.05) is 7.11 Å². The van der Waals surface area contributed by atoms with Crippen molar-refractivity contribution in [1.29, 1.82) is 0 Å². The summed E-state index contributed by atoms with van der Waals surface area (Å²) in [6, 6.07) is 4.19. The van der Waals surface area contributed by atoms with Crippen LogP contribution in [0.2, 0.25) is 0 Å². The summed E-state index contributed by atoms with van der Waals surface area (Å²) in [4.78, 5) is 0. The maximum absolute atomic E-state index is 12.7. The Labute approximate surface area is 82.4 Å². The highest BCUT2D eigenvalue weighted by atomic mass is 19.2. The Bertz CT molecular complexity index is 312. The molecule has 0 radical (unpaired) electrons. The third-order valence-corrected chi connectivity index (χ3v) is 2.48. The van der Waals surface area contributed by atoms with Gasteiger partial charge in [0.1, 0.15) is 0 Å². The molecule has 1 saturated carbocycles. The summed E-state index contributed by atoms with van der Waals surface area (Å²) in [6.07, 6.45) is 1.10. The Morgan fingerprint density at radius 1 is 1.21 bits per heavy atom. The number of rotatable bonds is 1. The summed E-state index contributed by atoms with van der Waals surface area (Å²) in [7, 11) is 1.00. The molecule has 0 bridgehead atoms. The lowest BCUT2D eigenvalue weighted by atomic mass is 10.1. The molecule has 1 fully saturated rings. The number of benzene rings is 1. The van der Waals surface area contributed by atoms with Crippen LogP contribution in [0.5, 0.6) is 0 Å². The predicted molar refractivity (Wildman–Crippen MR) is 51.0 cm³/mol. The fourth-order valence-corrected chi connectivity index (χ4v) is 1.53. The molecular weight excluding hydrogens is 186 g/mol. The number of aliphatic hydroxyl groups excluding tert-OH is 1. The average molecular weight is 200 g/mol. The van der Waals surface area contributed by atoms with Crippen LogP contribution < -0.4 is 0 Å². The smallest absolute Gasteiger partial charge is 0.159 e. The van der Waals surface area contributed by atoms with Crippen LogP contribution in [-0.2, 0) is 0 Å². The van der Waals surface area contributed by atoms with Crippen molar-refractivity contribution in [3.63, 3.8) is 0 Å². The first-order chi connectivity index (χ1) is 6.68. The summed E-state index contributed by atoms with van der Waals surface area (Å²) in [5.74, 6) is -0.395. The van der Waals surface area contributed by atoms with Crippen molar-refractivity contribution < 1.29 is 13.9 Å². The van der Waals surface area contributed by atoms with Crippen molar-refractivity contribution in [2.24, 2.45) is 5.92 Å². The molecule has 1 aliphatic rings. The lowest BCUT2D eigenvalue weighted by molar-refractivity contribution is 0.399. The second kappa shape index (κ2) is 4.51. The van der Waals surface area contributed by atoms with Gasteiger partial charge in [0.05, 0.1) is 0 Å². The molecule has 2 rings (SSSR count). The van der Waals surface area contributed by atoms with Gasteiger partial charge in [-0.2, -0.15) is 0 Å². The molecular formula is C11H14F2O. The lowest BCUT2D eigenvalue weighted by Crippen LogP contribution is -1.87. The SMILES string of the molecule is CC1CC1c1ccc(F)c(F)c1.CO. The van der Waals surface area contributed by atoms with E-state index in [1.165, 1.54) is 12.1 Å². The number of hydrogen-bond donors (Lipinski definition) is 1. The van der Waals surface area contributed by atoms with Gasteiger partial charge in [0, 0.05) is 7.11 Å². The molecule has 0 heterocycles. The van der Waals surface area contributed by atoms with Gasteiger partial charge in [0.2, 0.25) is 0 Å². The largest absolute Gasteiger partial charge is 0.400 e. The van der Waals surface area contributed by atoms with E-state index in [0.717, 1.165) is 19.1 Å². The number of halogens is 2. The average Bonchev–Trinajstić information content (AvgIpc) is 2.91. The molecule has 0 aromatic heterocycles. The molecule has 14 heavy (non-hydrogen) atoms. The normalized spacial score (nSPS) is 23.8. The standard InChI is InChI=1S/C10H10F2.CH4O/c1-6-4-8(6)7-2-3-9(11)10(12)5-7;1-2/h2-3,5-6,8H,4H2,1H3;2H,1H3. The molecule has 1 N–H and O–H groups in total. The van der Waals surface area contributed by atoms with Gasteiger partial charge in [-0.05, 0) is 36.0 Å². The Morgan fingerprint density at radius 2 is 1.79 bits per heavy atom. The first-order valence-corrected chi connectivity index (χ1v) is 4.58. The Balaban J connectivity index is 0.000000461. The summed E-state index contributed by atoms with van der Waals surface area (Å²) < 4.78 is 25.2. The van der Waals surface area contributed by atoms with Crippen LogP contribution in [0.15, 0.2) is 18.2 Å². The van der Waals surface area contributed by atoms with Crippen LogP contribution in [0.1, 0.15) is 24.8 Å². The third-order valence-electron chi connectivity index (χ3n) is 2.48. The summed E-state index contributed by atoms with van der Waals surface area (Å²) >= 11 is 0. The fourth-order valence-electron chi connectivity index (χ4n) is 1.53. The van der Waals surface area contributed by atoms with E-state index >= 15 is 0 Å². The third kappa shape index (κ3) is 2.29. The van der Waals surface area contributed by atoms with E-state index in [4.69, 9.17) is 5.11 Å². The highest BCUT2D eigenvalue weighted by molar-refractivity contribution is 5.26. The molecule has 78 valence electrons. The van der Waals surface area contributed by atoms with Gasteiger partial charge in [-0.1, -0.05) is 13.0 Å². The summed E-state index contributed by atoms with van der Waals surface area (Å²) in [6.45, 7) is 2.12. The van der Waals surface area contributed by atoms with E-state index in [0.29, 0.717) is 11.8 Å². The predicted octanol–water partition coefficient (Wildman–Crippen LogP) is 2.70. The van der Waals surface area contributed by atoms with Crippen LogP contribution in [-0.4, -0.2) is 12.2 Å². The minimum absolute atomic E-state index is 0.458. The number of aliphatic hydroxyl groups is 1. The minimum atomic E-state index is -0.757. The quantitative estimate of drug-likeness (QED) is 0.739. The Kier molecular flexibility index (Phi) is 3.58. The van der Waals surface area contributed by atoms with E-state index in [-0.39, 0.29) is 0 Å². The molecule has 1 aromatic rings. The molecule has 0 amide bonds. The summed E-state index contributed by atoms with van der Waals surface area (Å²) in [5.41, 5.74) is 0.932. The molecule has 2 unspecified atom stereocenters. The van der Waals surface area contributed by atoms with Crippen molar-refractivity contribution in [3.8, 4) is 0 Å². The van der Waals surface area contributed by atoms with Crippen LogP contribution in [0.3, 0.4) is 0 Å². The van der Waals surface area contributed by atoms with Gasteiger partial charge in [-0.3, -0.25) is 0 Å². The van der Waals surface area contributed by atoms with Gasteiger partial charge in [0.15, 0.2) is 11.6 Å². The monoisotopic (exact) mass is 200 g/mol.